The number of para-hydroxylation sites is 1. The number of esters is 1. The topological polar surface area (TPSA) is 131 Å². The van der Waals surface area contributed by atoms with E-state index < -0.39 is 5.97 Å². The number of methoxy groups -OCH3 is 2. The van der Waals surface area contributed by atoms with Crippen molar-refractivity contribution < 1.29 is 28.5 Å². The van der Waals surface area contributed by atoms with Crippen molar-refractivity contribution in [3.63, 3.8) is 0 Å². The first-order chi connectivity index (χ1) is 20.7. The van der Waals surface area contributed by atoms with Crippen LogP contribution in [0.3, 0.4) is 0 Å². The molecule has 0 saturated heterocycles. The van der Waals surface area contributed by atoms with E-state index in [2.05, 4.69) is 9.55 Å². The lowest BCUT2D eigenvalue weighted by atomic mass is 10.1. The number of nitrogens with zero attached hydrogens (tertiary/aromatic N) is 4. The number of benzene rings is 2. The van der Waals surface area contributed by atoms with Gasteiger partial charge in [-0.15, -0.1) is 11.6 Å². The van der Waals surface area contributed by atoms with Crippen LogP contribution in [0.25, 0.3) is 21.9 Å². The van der Waals surface area contributed by atoms with Gasteiger partial charge < -0.3 is 34.1 Å². The molecule has 4 aromatic rings. The zero-order valence-electron chi connectivity index (χ0n) is 25.0. The van der Waals surface area contributed by atoms with Crippen molar-refractivity contribution in [2.24, 2.45) is 0 Å². The first kappa shape index (κ1) is 31.8. The smallest absolute Gasteiger partial charge is 0.344 e. The van der Waals surface area contributed by atoms with Gasteiger partial charge in [0.2, 0.25) is 5.91 Å². The van der Waals surface area contributed by atoms with Crippen LogP contribution in [0.1, 0.15) is 31.7 Å². The number of ether oxygens (including phenoxy) is 4. The molecule has 2 heterocycles. The number of rotatable bonds is 15. The molecule has 2 aromatic heterocycles. The number of carbonyl (C=O) groups excluding carboxylic acids is 2. The lowest BCUT2D eigenvalue weighted by Gasteiger charge is -2.23. The number of carbonyl (C=O) groups is 2. The lowest BCUT2D eigenvalue weighted by molar-refractivity contribution is -0.149. The highest BCUT2D eigenvalue weighted by Crippen LogP contribution is 2.30. The molecule has 43 heavy (non-hydrogen) atoms. The van der Waals surface area contributed by atoms with E-state index in [1.54, 1.807) is 38.0 Å². The zero-order chi connectivity index (χ0) is 30.9. The normalized spacial score (nSPS) is 11.3. The van der Waals surface area contributed by atoms with Gasteiger partial charge in [0, 0.05) is 38.6 Å². The van der Waals surface area contributed by atoms with Crippen LogP contribution in [-0.2, 0) is 38.6 Å². The minimum atomic E-state index is -0.483. The molecule has 0 aliphatic carbocycles. The number of fused-ring (bicyclic) bond motifs is 3. The van der Waals surface area contributed by atoms with Crippen molar-refractivity contribution in [1.29, 1.82) is 0 Å². The van der Waals surface area contributed by atoms with Crippen LogP contribution in [-0.4, -0.2) is 77.3 Å². The van der Waals surface area contributed by atoms with Crippen molar-refractivity contribution in [3.05, 3.63) is 53.9 Å². The number of amides is 1. The van der Waals surface area contributed by atoms with Crippen molar-refractivity contribution in [1.82, 2.24) is 19.4 Å². The van der Waals surface area contributed by atoms with Crippen LogP contribution in [0.2, 0.25) is 0 Å². The molecule has 0 fully saturated rings. The summed E-state index contributed by atoms with van der Waals surface area (Å²) >= 11 is 6.00. The standard InChI is InChI=1S/C31H38ClN5O6/c1-20(2)43-28(39)19-42-25-16-21(10-11-24(25)41-4)18-36(27(38)17-32)13-7-14-37-26(12-15-40-3)35-29-30(37)22-8-5-6-9-23(22)34-31(29)33/h5-6,8-11,16,20H,7,12-15,17-19H2,1-4H3,(H2,33,34). The van der Waals surface area contributed by atoms with Crippen LogP contribution in [0.15, 0.2) is 42.5 Å². The Morgan fingerprint density at radius 1 is 1.09 bits per heavy atom. The van der Waals surface area contributed by atoms with Crippen molar-refractivity contribution in [2.45, 2.75) is 45.9 Å². The molecule has 230 valence electrons. The molecule has 11 nitrogen and oxygen atoms in total. The number of pyridine rings is 1. The van der Waals surface area contributed by atoms with E-state index in [-0.39, 0.29) is 24.5 Å². The Kier molecular flexibility index (Phi) is 11.0. The highest BCUT2D eigenvalue weighted by molar-refractivity contribution is 6.27. The minimum absolute atomic E-state index is 0.152. The maximum absolute atomic E-state index is 12.9. The average Bonchev–Trinajstić information content (AvgIpc) is 3.37. The molecular formula is C31H38ClN5O6. The maximum atomic E-state index is 12.9. The fourth-order valence-corrected chi connectivity index (χ4v) is 5.08. The van der Waals surface area contributed by atoms with Gasteiger partial charge in [0.25, 0.3) is 0 Å². The van der Waals surface area contributed by atoms with Crippen LogP contribution in [0.4, 0.5) is 5.82 Å². The molecule has 0 unspecified atom stereocenters. The highest BCUT2D eigenvalue weighted by atomic mass is 35.5. The summed E-state index contributed by atoms with van der Waals surface area (Å²) in [5, 5.41) is 0.958. The van der Waals surface area contributed by atoms with Gasteiger partial charge in [-0.1, -0.05) is 24.3 Å². The van der Waals surface area contributed by atoms with Gasteiger partial charge in [-0.25, -0.2) is 14.8 Å². The van der Waals surface area contributed by atoms with Crippen molar-refractivity contribution >= 4 is 51.2 Å². The predicted octanol–water partition coefficient (Wildman–Crippen LogP) is 4.35. The number of nitrogens with two attached hydrogens (primary N) is 1. The number of aryl methyl sites for hydroxylation is 1. The summed E-state index contributed by atoms with van der Waals surface area (Å²) in [7, 11) is 3.17. The van der Waals surface area contributed by atoms with Gasteiger partial charge in [0.05, 0.1) is 30.9 Å². The summed E-state index contributed by atoms with van der Waals surface area (Å²) in [4.78, 5) is 36.0. The molecule has 12 heteroatoms. The second-order valence-corrected chi connectivity index (χ2v) is 10.5. The van der Waals surface area contributed by atoms with E-state index in [0.717, 1.165) is 27.8 Å². The average molecular weight is 612 g/mol. The Labute approximate surface area is 255 Å². The molecular weight excluding hydrogens is 574 g/mol. The first-order valence-corrected chi connectivity index (χ1v) is 14.6. The second kappa shape index (κ2) is 14.9. The third-order valence-corrected chi connectivity index (χ3v) is 7.04. The van der Waals surface area contributed by atoms with Crippen LogP contribution in [0.5, 0.6) is 11.5 Å². The molecule has 2 N–H and O–H groups in total. The quantitative estimate of drug-likeness (QED) is 0.154. The van der Waals surface area contributed by atoms with E-state index in [9.17, 15) is 9.59 Å². The number of hydrogen-bond acceptors (Lipinski definition) is 9. The van der Waals surface area contributed by atoms with E-state index in [1.165, 1.54) is 7.11 Å². The van der Waals surface area contributed by atoms with Gasteiger partial charge in [0.1, 0.15) is 17.2 Å². The van der Waals surface area contributed by atoms with Crippen LogP contribution < -0.4 is 15.2 Å². The van der Waals surface area contributed by atoms with Crippen LogP contribution in [0, 0.1) is 0 Å². The summed E-state index contributed by atoms with van der Waals surface area (Å²) in [6.07, 6.45) is 0.983. The molecule has 0 aliphatic rings. The maximum Gasteiger partial charge on any atom is 0.344 e. The van der Waals surface area contributed by atoms with E-state index >= 15 is 0 Å². The van der Waals surface area contributed by atoms with Gasteiger partial charge in [-0.2, -0.15) is 0 Å². The molecule has 0 saturated carbocycles. The number of hydrogen-bond donors (Lipinski definition) is 1. The summed E-state index contributed by atoms with van der Waals surface area (Å²) < 4.78 is 23.7. The largest absolute Gasteiger partial charge is 0.493 e. The summed E-state index contributed by atoms with van der Waals surface area (Å²) in [6, 6.07) is 13.2. The van der Waals surface area contributed by atoms with Crippen molar-refractivity contribution in [2.75, 3.05) is 45.6 Å². The monoisotopic (exact) mass is 611 g/mol. The lowest BCUT2D eigenvalue weighted by Crippen LogP contribution is -2.33. The fraction of sp³-hybridized carbons (Fsp3) is 0.419. The van der Waals surface area contributed by atoms with Gasteiger partial charge in [-0.05, 0) is 44.0 Å². The molecule has 0 radical (unpaired) electrons. The van der Waals surface area contributed by atoms with Gasteiger partial charge >= 0.3 is 5.97 Å². The summed E-state index contributed by atoms with van der Waals surface area (Å²) in [6.45, 7) is 5.10. The second-order valence-electron chi connectivity index (χ2n) is 10.2. The molecule has 2 aromatic carbocycles. The molecule has 4 rings (SSSR count). The SMILES string of the molecule is COCCc1nc2c(N)nc3ccccc3c2n1CCCN(Cc1ccc(OC)c(OCC(=O)OC(C)C)c1)C(=O)CCl. The van der Waals surface area contributed by atoms with E-state index in [0.29, 0.717) is 61.9 Å². The number of alkyl halides is 1. The molecule has 0 aliphatic heterocycles. The molecule has 0 atom stereocenters. The number of nitrogen functional groups attached to an aromatic ring is 1. The van der Waals surface area contributed by atoms with Gasteiger partial charge in [-0.3, -0.25) is 4.79 Å². The van der Waals surface area contributed by atoms with Crippen molar-refractivity contribution in [3.8, 4) is 11.5 Å². The fourth-order valence-electron chi connectivity index (χ4n) is 4.91. The summed E-state index contributed by atoms with van der Waals surface area (Å²) in [5.41, 5.74) is 9.47. The van der Waals surface area contributed by atoms with E-state index in [1.807, 2.05) is 30.3 Å². The number of imidazole rings is 1. The Morgan fingerprint density at radius 2 is 1.88 bits per heavy atom. The Hall–Kier alpha value is -4.09. The third-order valence-electron chi connectivity index (χ3n) is 6.81. The van der Waals surface area contributed by atoms with Gasteiger partial charge in [0.15, 0.2) is 23.9 Å². The summed E-state index contributed by atoms with van der Waals surface area (Å²) in [5.74, 6) is 1.22. The van der Waals surface area contributed by atoms with E-state index in [4.69, 9.17) is 41.3 Å². The number of anilines is 1. The Balaban J connectivity index is 1.54. The number of halogens is 1. The highest BCUT2D eigenvalue weighted by Gasteiger charge is 2.19. The molecule has 0 bridgehead atoms. The third kappa shape index (κ3) is 7.85. The zero-order valence-corrected chi connectivity index (χ0v) is 25.7. The molecule has 1 amide bonds. The minimum Gasteiger partial charge on any atom is -0.493 e. The Bertz CT molecular complexity index is 1570. The van der Waals surface area contributed by atoms with Crippen LogP contribution >= 0.6 is 11.6 Å². The first-order valence-electron chi connectivity index (χ1n) is 14.1. The predicted molar refractivity (Wildman–Crippen MR) is 165 cm³/mol. The Morgan fingerprint density at radius 3 is 2.60 bits per heavy atom. The number of aromatic nitrogens is 3. The molecule has 0 spiro atoms.